The molecule has 0 unspecified atom stereocenters. The lowest BCUT2D eigenvalue weighted by molar-refractivity contribution is 0.0631. The Morgan fingerprint density at radius 1 is 0.800 bits per heavy atom. The predicted molar refractivity (Wildman–Crippen MR) is 117 cm³/mol. The smallest absolute Gasteiger partial charge is 0.253 e. The molecule has 0 aromatic heterocycles. The van der Waals surface area contributed by atoms with Crippen LogP contribution in [0, 0.1) is 5.92 Å². The average molecular weight is 407 g/mol. The summed E-state index contributed by atoms with van der Waals surface area (Å²) in [7, 11) is 0. The zero-order valence-electron chi connectivity index (χ0n) is 17.5. The third-order valence-corrected chi connectivity index (χ3v) is 6.04. The van der Waals surface area contributed by atoms with Gasteiger partial charge in [0.15, 0.2) is 0 Å². The van der Waals surface area contributed by atoms with Crippen LogP contribution in [0.5, 0.6) is 5.75 Å². The zero-order valence-corrected chi connectivity index (χ0v) is 17.5. The number of hydrogen-bond donors (Lipinski definition) is 0. The molecule has 2 saturated heterocycles. The first-order valence-electron chi connectivity index (χ1n) is 11.1. The lowest BCUT2D eigenvalue weighted by atomic mass is 9.98. The molecule has 5 heteroatoms. The summed E-state index contributed by atoms with van der Waals surface area (Å²) in [4.78, 5) is 29.3. The van der Waals surface area contributed by atoms with E-state index >= 15 is 0 Å². The van der Waals surface area contributed by atoms with E-state index in [4.69, 9.17) is 4.74 Å². The minimum absolute atomic E-state index is 0.0921. The van der Waals surface area contributed by atoms with Crippen LogP contribution in [-0.4, -0.2) is 54.4 Å². The minimum Gasteiger partial charge on any atom is -0.493 e. The van der Waals surface area contributed by atoms with E-state index in [1.807, 2.05) is 64.4 Å². The molecule has 0 saturated carbocycles. The fraction of sp³-hybridized carbons (Fsp3) is 0.440. The number of carbonyl (C=O) groups excluding carboxylic acids is 2. The van der Waals surface area contributed by atoms with Crippen molar-refractivity contribution in [2.24, 2.45) is 5.92 Å². The lowest BCUT2D eigenvalue weighted by Crippen LogP contribution is -2.41. The molecule has 30 heavy (non-hydrogen) atoms. The minimum atomic E-state index is 0.0921. The maximum atomic E-state index is 12.7. The number of ether oxygens (including phenoxy) is 1. The van der Waals surface area contributed by atoms with Crippen LogP contribution >= 0.6 is 0 Å². The number of hydrogen-bond acceptors (Lipinski definition) is 3. The van der Waals surface area contributed by atoms with E-state index in [0.717, 1.165) is 56.6 Å². The maximum absolute atomic E-state index is 12.7. The summed E-state index contributed by atoms with van der Waals surface area (Å²) >= 11 is 0. The van der Waals surface area contributed by atoms with Crippen molar-refractivity contribution >= 4 is 11.8 Å². The van der Waals surface area contributed by atoms with Crippen molar-refractivity contribution in [2.75, 3.05) is 32.8 Å². The Hall–Kier alpha value is -2.82. The fourth-order valence-electron chi connectivity index (χ4n) is 4.36. The van der Waals surface area contributed by atoms with E-state index in [1.54, 1.807) is 0 Å². The molecule has 0 aliphatic carbocycles. The second-order valence-electron chi connectivity index (χ2n) is 8.32. The Labute approximate surface area is 178 Å². The van der Waals surface area contributed by atoms with Crippen LogP contribution in [0.25, 0.3) is 0 Å². The van der Waals surface area contributed by atoms with Crippen LogP contribution in [0.4, 0.5) is 0 Å². The molecule has 0 N–H and O–H groups in total. The van der Waals surface area contributed by atoms with E-state index in [1.165, 1.54) is 6.42 Å². The molecule has 2 aromatic rings. The van der Waals surface area contributed by atoms with Crippen molar-refractivity contribution in [3.63, 3.8) is 0 Å². The summed E-state index contributed by atoms with van der Waals surface area (Å²) in [6.45, 7) is 3.75. The monoisotopic (exact) mass is 406 g/mol. The van der Waals surface area contributed by atoms with Crippen molar-refractivity contribution in [3.05, 3.63) is 65.7 Å². The zero-order chi connectivity index (χ0) is 20.8. The van der Waals surface area contributed by atoms with E-state index in [0.29, 0.717) is 24.6 Å². The summed E-state index contributed by atoms with van der Waals surface area (Å²) in [5.41, 5.74) is 1.43. The number of benzene rings is 2. The van der Waals surface area contributed by atoms with Gasteiger partial charge in [-0.2, -0.15) is 0 Å². The highest BCUT2D eigenvalue weighted by atomic mass is 16.5. The highest BCUT2D eigenvalue weighted by Crippen LogP contribution is 2.22. The van der Waals surface area contributed by atoms with E-state index < -0.39 is 0 Å². The lowest BCUT2D eigenvalue weighted by Gasteiger charge is -2.32. The van der Waals surface area contributed by atoms with Crippen molar-refractivity contribution < 1.29 is 14.3 Å². The normalized spacial score (nSPS) is 19.4. The largest absolute Gasteiger partial charge is 0.493 e. The van der Waals surface area contributed by atoms with Gasteiger partial charge < -0.3 is 14.5 Å². The molecule has 2 amide bonds. The molecule has 2 aromatic carbocycles. The molecule has 2 heterocycles. The standard InChI is InChI=1S/C25H30N2O3/c28-24(21-10-3-1-4-11-21)27-16-8-9-20(18-27)19-30-23-13-7-12-22(17-23)25(29)26-14-5-2-6-15-26/h1,3-4,7,10-13,17,20H,2,5-6,8-9,14-16,18-19H2/t20-/m1/s1. The number of carbonyl (C=O) groups is 2. The van der Waals surface area contributed by atoms with Crippen molar-refractivity contribution in [2.45, 2.75) is 32.1 Å². The Balaban J connectivity index is 1.33. The Morgan fingerprint density at radius 3 is 2.30 bits per heavy atom. The van der Waals surface area contributed by atoms with Crippen LogP contribution in [0.15, 0.2) is 54.6 Å². The van der Waals surface area contributed by atoms with Crippen molar-refractivity contribution in [1.82, 2.24) is 9.80 Å². The van der Waals surface area contributed by atoms with Gasteiger partial charge >= 0.3 is 0 Å². The summed E-state index contributed by atoms with van der Waals surface area (Å²) in [5.74, 6) is 1.21. The first-order valence-corrected chi connectivity index (χ1v) is 11.1. The maximum Gasteiger partial charge on any atom is 0.253 e. The summed E-state index contributed by atoms with van der Waals surface area (Å²) in [6.07, 6.45) is 5.41. The quantitative estimate of drug-likeness (QED) is 0.746. The van der Waals surface area contributed by atoms with Crippen LogP contribution < -0.4 is 4.74 Å². The first kappa shape index (κ1) is 20.5. The van der Waals surface area contributed by atoms with Crippen LogP contribution in [0.2, 0.25) is 0 Å². The second-order valence-corrected chi connectivity index (χ2v) is 8.32. The summed E-state index contributed by atoms with van der Waals surface area (Å²) in [5, 5.41) is 0. The van der Waals surface area contributed by atoms with Gasteiger partial charge in [0, 0.05) is 43.2 Å². The fourth-order valence-corrected chi connectivity index (χ4v) is 4.36. The number of amides is 2. The molecule has 0 spiro atoms. The van der Waals surface area contributed by atoms with Gasteiger partial charge in [0.1, 0.15) is 5.75 Å². The van der Waals surface area contributed by atoms with E-state index in [2.05, 4.69) is 0 Å². The van der Waals surface area contributed by atoms with E-state index in [-0.39, 0.29) is 11.8 Å². The van der Waals surface area contributed by atoms with Crippen LogP contribution in [0.1, 0.15) is 52.8 Å². The van der Waals surface area contributed by atoms with Gasteiger partial charge in [-0.3, -0.25) is 9.59 Å². The molecule has 2 aliphatic rings. The average Bonchev–Trinajstić information content (AvgIpc) is 2.83. The van der Waals surface area contributed by atoms with Crippen LogP contribution in [0.3, 0.4) is 0 Å². The van der Waals surface area contributed by atoms with Gasteiger partial charge in [-0.1, -0.05) is 24.3 Å². The molecular weight excluding hydrogens is 376 g/mol. The van der Waals surface area contributed by atoms with Gasteiger partial charge in [0.2, 0.25) is 0 Å². The Bertz CT molecular complexity index is 862. The SMILES string of the molecule is O=C(c1cccc(OC[C@@H]2CCCN(C(=O)c3ccccc3)C2)c1)N1CCCCC1. The highest BCUT2D eigenvalue weighted by Gasteiger charge is 2.25. The highest BCUT2D eigenvalue weighted by molar-refractivity contribution is 5.95. The third kappa shape index (κ3) is 5.02. The van der Waals surface area contributed by atoms with Crippen molar-refractivity contribution in [3.8, 4) is 5.75 Å². The van der Waals surface area contributed by atoms with Crippen LogP contribution in [-0.2, 0) is 0 Å². The second kappa shape index (κ2) is 9.79. The summed E-state index contributed by atoms with van der Waals surface area (Å²) in [6, 6.07) is 17.0. The molecule has 158 valence electrons. The van der Waals surface area contributed by atoms with Crippen molar-refractivity contribution in [1.29, 1.82) is 0 Å². The molecule has 0 radical (unpaired) electrons. The van der Waals surface area contributed by atoms with Gasteiger partial charge in [0.25, 0.3) is 11.8 Å². The number of piperidine rings is 2. The molecule has 0 bridgehead atoms. The Morgan fingerprint density at radius 2 is 1.50 bits per heavy atom. The third-order valence-electron chi connectivity index (χ3n) is 6.04. The predicted octanol–water partition coefficient (Wildman–Crippen LogP) is 4.24. The first-order chi connectivity index (χ1) is 14.7. The number of rotatable bonds is 5. The summed E-state index contributed by atoms with van der Waals surface area (Å²) < 4.78 is 6.05. The van der Waals surface area contributed by atoms with Gasteiger partial charge in [-0.15, -0.1) is 0 Å². The molecule has 1 atom stereocenters. The number of nitrogens with zero attached hydrogens (tertiary/aromatic N) is 2. The molecular formula is C25H30N2O3. The molecule has 5 nitrogen and oxygen atoms in total. The topological polar surface area (TPSA) is 49.9 Å². The van der Waals surface area contributed by atoms with Gasteiger partial charge in [0.05, 0.1) is 6.61 Å². The van der Waals surface area contributed by atoms with E-state index in [9.17, 15) is 9.59 Å². The number of likely N-dealkylation sites (tertiary alicyclic amines) is 2. The molecule has 4 rings (SSSR count). The van der Waals surface area contributed by atoms with Gasteiger partial charge in [-0.25, -0.2) is 0 Å². The Kier molecular flexibility index (Phi) is 6.67. The molecule has 2 fully saturated rings. The van der Waals surface area contributed by atoms with Gasteiger partial charge in [-0.05, 0) is 62.4 Å². The molecule has 2 aliphatic heterocycles.